The number of nitrogens with zero attached hydrogens (tertiary/aromatic N) is 2. The maximum atomic E-state index is 14.0. The molecule has 8 nitrogen and oxygen atoms in total. The van der Waals surface area contributed by atoms with E-state index in [1.165, 1.54) is 53.4 Å². The Morgan fingerprint density at radius 3 is 2.29 bits per heavy atom. The standard InChI is InChI=1S/C30H35ClFN3O5S/c1-4-6-19-33-30(37)22(3)34(20-23-11-15-25(32)16-12-23)29(36)21-35(27-9-7-8-10-28(27)40-5-2)41(38,39)26-17-13-24(31)14-18-26/h7-18,22H,4-6,19-21H2,1-3H3,(H,33,37)/t22-/m0/s1. The number of ether oxygens (including phenoxy) is 1. The average Bonchev–Trinajstić information content (AvgIpc) is 2.96. The summed E-state index contributed by atoms with van der Waals surface area (Å²) in [4.78, 5) is 28.2. The highest BCUT2D eigenvalue weighted by Crippen LogP contribution is 2.33. The van der Waals surface area contributed by atoms with Gasteiger partial charge in [-0.2, -0.15) is 0 Å². The number of carbonyl (C=O) groups excluding carboxylic acids is 2. The highest BCUT2D eigenvalue weighted by molar-refractivity contribution is 7.92. The second kappa shape index (κ2) is 14.8. The monoisotopic (exact) mass is 603 g/mol. The fraction of sp³-hybridized carbons (Fsp3) is 0.333. The van der Waals surface area contributed by atoms with Gasteiger partial charge in [-0.05, 0) is 74.4 Å². The number of sulfonamides is 1. The number of para-hydroxylation sites is 2. The number of benzene rings is 3. The normalized spacial score (nSPS) is 11.9. The van der Waals surface area contributed by atoms with E-state index < -0.39 is 34.3 Å². The highest BCUT2D eigenvalue weighted by Gasteiger charge is 2.33. The fourth-order valence-electron chi connectivity index (χ4n) is 4.09. The lowest BCUT2D eigenvalue weighted by molar-refractivity contribution is -0.139. The molecule has 3 aromatic carbocycles. The SMILES string of the molecule is CCCCNC(=O)[C@H](C)N(Cc1ccc(F)cc1)C(=O)CN(c1ccccc1OCC)S(=O)(=O)c1ccc(Cl)cc1. The quantitative estimate of drug-likeness (QED) is 0.249. The van der Waals surface area contributed by atoms with Crippen LogP contribution in [-0.2, 0) is 26.2 Å². The number of anilines is 1. The number of hydrogen-bond donors (Lipinski definition) is 1. The molecule has 3 aromatic rings. The Morgan fingerprint density at radius 1 is 1.00 bits per heavy atom. The second-order valence-corrected chi connectivity index (χ2v) is 11.6. The first-order valence-corrected chi connectivity index (χ1v) is 15.2. The summed E-state index contributed by atoms with van der Waals surface area (Å²) in [7, 11) is -4.29. The van der Waals surface area contributed by atoms with Crippen LogP contribution in [0.1, 0.15) is 39.2 Å². The van der Waals surface area contributed by atoms with Crippen LogP contribution in [0, 0.1) is 5.82 Å². The maximum Gasteiger partial charge on any atom is 0.264 e. The molecule has 0 aliphatic carbocycles. The molecule has 3 rings (SSSR count). The number of carbonyl (C=O) groups is 2. The summed E-state index contributed by atoms with van der Waals surface area (Å²) in [6, 6.07) is 16.8. The summed E-state index contributed by atoms with van der Waals surface area (Å²) in [6.45, 7) is 5.39. The summed E-state index contributed by atoms with van der Waals surface area (Å²) < 4.78 is 48.2. The van der Waals surface area contributed by atoms with Crippen LogP contribution in [0.3, 0.4) is 0 Å². The predicted octanol–water partition coefficient (Wildman–Crippen LogP) is 5.41. The van der Waals surface area contributed by atoms with E-state index in [2.05, 4.69) is 5.32 Å². The molecule has 2 amide bonds. The van der Waals surface area contributed by atoms with Gasteiger partial charge in [0, 0.05) is 18.1 Å². The molecule has 1 N–H and O–H groups in total. The van der Waals surface area contributed by atoms with E-state index in [1.54, 1.807) is 38.1 Å². The van der Waals surface area contributed by atoms with E-state index in [0.717, 1.165) is 17.1 Å². The maximum absolute atomic E-state index is 14.0. The highest BCUT2D eigenvalue weighted by atomic mass is 35.5. The van der Waals surface area contributed by atoms with Gasteiger partial charge in [-0.15, -0.1) is 0 Å². The minimum Gasteiger partial charge on any atom is -0.492 e. The van der Waals surface area contributed by atoms with Gasteiger partial charge < -0.3 is 15.0 Å². The molecule has 220 valence electrons. The van der Waals surface area contributed by atoms with E-state index >= 15 is 0 Å². The molecular formula is C30H35ClFN3O5S. The van der Waals surface area contributed by atoms with E-state index in [1.807, 2.05) is 6.92 Å². The minimum atomic E-state index is -4.29. The molecular weight excluding hydrogens is 569 g/mol. The van der Waals surface area contributed by atoms with Crippen molar-refractivity contribution in [2.45, 2.75) is 51.1 Å². The molecule has 0 saturated heterocycles. The Bertz CT molecular complexity index is 1420. The molecule has 0 spiro atoms. The minimum absolute atomic E-state index is 0.0383. The van der Waals surface area contributed by atoms with Crippen molar-refractivity contribution < 1.29 is 27.1 Å². The van der Waals surface area contributed by atoms with Crippen molar-refractivity contribution in [1.82, 2.24) is 10.2 Å². The molecule has 0 aliphatic heterocycles. The third-order valence-electron chi connectivity index (χ3n) is 6.38. The summed E-state index contributed by atoms with van der Waals surface area (Å²) >= 11 is 6.00. The molecule has 0 aliphatic rings. The lowest BCUT2D eigenvalue weighted by Crippen LogP contribution is -2.51. The molecule has 0 fully saturated rings. The molecule has 0 unspecified atom stereocenters. The van der Waals surface area contributed by atoms with Crippen molar-refractivity contribution in [2.75, 3.05) is 24.0 Å². The van der Waals surface area contributed by atoms with Gasteiger partial charge in [-0.1, -0.05) is 49.2 Å². The van der Waals surface area contributed by atoms with Crippen molar-refractivity contribution in [1.29, 1.82) is 0 Å². The number of amides is 2. The van der Waals surface area contributed by atoms with Crippen molar-refractivity contribution in [3.63, 3.8) is 0 Å². The number of halogens is 2. The van der Waals surface area contributed by atoms with Crippen LogP contribution >= 0.6 is 11.6 Å². The first-order chi connectivity index (χ1) is 19.6. The summed E-state index contributed by atoms with van der Waals surface area (Å²) in [6.07, 6.45) is 1.65. The zero-order valence-electron chi connectivity index (χ0n) is 23.3. The van der Waals surface area contributed by atoms with Crippen LogP contribution in [-0.4, -0.2) is 50.9 Å². The second-order valence-electron chi connectivity index (χ2n) is 9.33. The van der Waals surface area contributed by atoms with Gasteiger partial charge in [0.05, 0.1) is 17.2 Å². The fourth-order valence-corrected chi connectivity index (χ4v) is 5.64. The van der Waals surface area contributed by atoms with E-state index in [9.17, 15) is 22.4 Å². The lowest BCUT2D eigenvalue weighted by atomic mass is 10.1. The smallest absolute Gasteiger partial charge is 0.264 e. The first-order valence-electron chi connectivity index (χ1n) is 13.4. The summed E-state index contributed by atoms with van der Waals surface area (Å²) in [5, 5.41) is 3.18. The van der Waals surface area contributed by atoms with Gasteiger partial charge in [-0.3, -0.25) is 13.9 Å². The third kappa shape index (κ3) is 8.43. The van der Waals surface area contributed by atoms with E-state index in [-0.39, 0.29) is 35.4 Å². The molecule has 0 heterocycles. The van der Waals surface area contributed by atoms with Crippen LogP contribution in [0.15, 0.2) is 77.7 Å². The number of rotatable bonds is 14. The zero-order valence-corrected chi connectivity index (χ0v) is 24.9. The van der Waals surface area contributed by atoms with Gasteiger partial charge in [-0.25, -0.2) is 12.8 Å². The van der Waals surface area contributed by atoms with Crippen LogP contribution in [0.4, 0.5) is 10.1 Å². The molecule has 0 saturated carbocycles. The van der Waals surface area contributed by atoms with Crippen LogP contribution in [0.25, 0.3) is 0 Å². The Labute approximate surface area is 246 Å². The molecule has 0 aromatic heterocycles. The average molecular weight is 604 g/mol. The molecule has 11 heteroatoms. The zero-order chi connectivity index (χ0) is 30.0. The Kier molecular flexibility index (Phi) is 11.5. The topological polar surface area (TPSA) is 96.0 Å². The van der Waals surface area contributed by atoms with Gasteiger partial charge in [0.1, 0.15) is 24.2 Å². The van der Waals surface area contributed by atoms with Crippen LogP contribution in [0.5, 0.6) is 5.75 Å². The molecule has 0 radical (unpaired) electrons. The van der Waals surface area contributed by atoms with Gasteiger partial charge >= 0.3 is 0 Å². The molecule has 1 atom stereocenters. The Morgan fingerprint density at radius 2 is 1.66 bits per heavy atom. The number of nitrogens with one attached hydrogen (secondary N) is 1. The lowest BCUT2D eigenvalue weighted by Gasteiger charge is -2.32. The largest absolute Gasteiger partial charge is 0.492 e. The van der Waals surface area contributed by atoms with E-state index in [0.29, 0.717) is 17.1 Å². The van der Waals surface area contributed by atoms with Crippen molar-refractivity contribution in [3.8, 4) is 5.75 Å². The Hall–Kier alpha value is -3.63. The summed E-state index contributed by atoms with van der Waals surface area (Å²) in [5.74, 6) is -1.17. The van der Waals surface area contributed by atoms with E-state index in [4.69, 9.17) is 16.3 Å². The van der Waals surface area contributed by atoms with Crippen molar-refractivity contribution in [2.24, 2.45) is 0 Å². The number of hydrogen-bond acceptors (Lipinski definition) is 5. The third-order valence-corrected chi connectivity index (χ3v) is 8.40. The van der Waals surface area contributed by atoms with Crippen LogP contribution < -0.4 is 14.4 Å². The summed E-state index contributed by atoms with van der Waals surface area (Å²) in [5.41, 5.74) is 0.745. The van der Waals surface area contributed by atoms with Crippen molar-refractivity contribution >= 4 is 39.1 Å². The predicted molar refractivity (Wildman–Crippen MR) is 158 cm³/mol. The van der Waals surface area contributed by atoms with Gasteiger partial charge in [0.2, 0.25) is 11.8 Å². The first kappa shape index (κ1) is 31.9. The molecule has 0 bridgehead atoms. The Balaban J connectivity index is 2.04. The van der Waals surface area contributed by atoms with Crippen molar-refractivity contribution in [3.05, 3.63) is 89.2 Å². The van der Waals surface area contributed by atoms with Gasteiger partial charge in [0.15, 0.2) is 0 Å². The van der Waals surface area contributed by atoms with Crippen LogP contribution in [0.2, 0.25) is 5.02 Å². The van der Waals surface area contributed by atoms with Gasteiger partial charge in [0.25, 0.3) is 10.0 Å². The number of unbranched alkanes of at least 4 members (excludes halogenated alkanes) is 1. The molecule has 41 heavy (non-hydrogen) atoms.